The molecule has 0 fully saturated rings. The Kier molecular flexibility index (Phi) is 3.81. The molecule has 2 aromatic heterocycles. The van der Waals surface area contributed by atoms with Gasteiger partial charge in [0.1, 0.15) is 17.6 Å². The zero-order valence-electron chi connectivity index (χ0n) is 13.6. The van der Waals surface area contributed by atoms with Gasteiger partial charge in [0.15, 0.2) is 5.65 Å². The van der Waals surface area contributed by atoms with Crippen molar-refractivity contribution in [2.45, 2.75) is 12.5 Å². The minimum absolute atomic E-state index is 0.128. The zero-order chi connectivity index (χ0) is 18.1. The number of hydrogen-bond donors (Lipinski definition) is 2. The summed E-state index contributed by atoms with van der Waals surface area (Å²) in [7, 11) is 0. The Bertz CT molecular complexity index is 1010. The minimum Gasteiger partial charge on any atom is -0.368 e. The second-order valence-electron chi connectivity index (χ2n) is 5.73. The molecule has 0 saturated carbocycles. The van der Waals surface area contributed by atoms with Crippen LogP contribution >= 0.6 is 0 Å². The fraction of sp³-hybridized carbons (Fsp3) is 0.118. The van der Waals surface area contributed by atoms with Crippen LogP contribution in [-0.4, -0.2) is 38.2 Å². The second kappa shape index (κ2) is 6.28. The third-order valence-electron chi connectivity index (χ3n) is 4.05. The third kappa shape index (κ3) is 2.75. The highest BCUT2D eigenvalue weighted by molar-refractivity contribution is 6.44. The topological polar surface area (TPSA) is 118 Å². The fourth-order valence-electron chi connectivity index (χ4n) is 2.81. The summed E-state index contributed by atoms with van der Waals surface area (Å²) in [6, 6.07) is 11.8. The number of benzene rings is 1. The van der Waals surface area contributed by atoms with E-state index >= 15 is 0 Å². The van der Waals surface area contributed by atoms with Gasteiger partial charge in [-0.05, 0) is 18.2 Å². The Labute approximate surface area is 148 Å². The molecule has 3 heterocycles. The molecule has 0 spiro atoms. The molecule has 0 saturated heterocycles. The Hall–Kier alpha value is -3.75. The van der Waals surface area contributed by atoms with Crippen LogP contribution in [0.25, 0.3) is 5.65 Å². The highest BCUT2D eigenvalue weighted by Gasteiger charge is 2.35. The number of primary amides is 1. The number of carbonyl (C=O) groups is 2. The molecule has 0 radical (unpaired) electrons. The molecule has 1 aliphatic heterocycles. The van der Waals surface area contributed by atoms with Crippen molar-refractivity contribution < 1.29 is 9.59 Å². The van der Waals surface area contributed by atoms with Gasteiger partial charge in [-0.15, -0.1) is 0 Å². The molecule has 3 N–H and O–H groups in total. The van der Waals surface area contributed by atoms with E-state index in [0.717, 1.165) is 0 Å². The minimum atomic E-state index is -0.708. The summed E-state index contributed by atoms with van der Waals surface area (Å²) >= 11 is 0. The summed E-state index contributed by atoms with van der Waals surface area (Å²) in [4.78, 5) is 28.6. The highest BCUT2D eigenvalue weighted by atomic mass is 16.2. The van der Waals surface area contributed by atoms with E-state index in [1.807, 2.05) is 18.2 Å². The van der Waals surface area contributed by atoms with Crippen LogP contribution < -0.4 is 16.1 Å². The lowest BCUT2D eigenvalue weighted by atomic mass is 10.1. The van der Waals surface area contributed by atoms with Crippen molar-refractivity contribution in [2.75, 3.05) is 10.3 Å². The van der Waals surface area contributed by atoms with Crippen LogP contribution in [0.2, 0.25) is 0 Å². The summed E-state index contributed by atoms with van der Waals surface area (Å²) < 4.78 is 1.51. The van der Waals surface area contributed by atoms with Gasteiger partial charge in [-0.25, -0.2) is 4.98 Å². The maximum atomic E-state index is 12.6. The van der Waals surface area contributed by atoms with E-state index in [1.54, 1.807) is 36.7 Å². The van der Waals surface area contributed by atoms with Crippen molar-refractivity contribution in [2.24, 2.45) is 10.8 Å². The van der Waals surface area contributed by atoms with Crippen LogP contribution in [-0.2, 0) is 9.59 Å². The molecule has 1 atom stereocenters. The van der Waals surface area contributed by atoms with Gasteiger partial charge in [-0.2, -0.15) is 14.7 Å². The van der Waals surface area contributed by atoms with Crippen LogP contribution in [0.1, 0.15) is 6.42 Å². The first-order chi connectivity index (χ1) is 12.6. The first kappa shape index (κ1) is 15.8. The average Bonchev–Trinajstić information content (AvgIpc) is 3.30. The number of aromatic nitrogens is 3. The number of amides is 2. The second-order valence-corrected chi connectivity index (χ2v) is 5.73. The van der Waals surface area contributed by atoms with Crippen LogP contribution in [0.3, 0.4) is 0 Å². The molecule has 2 amide bonds. The molecule has 3 aromatic rings. The predicted molar refractivity (Wildman–Crippen MR) is 95.6 cm³/mol. The van der Waals surface area contributed by atoms with Crippen LogP contribution in [0.4, 0.5) is 11.5 Å². The lowest BCUT2D eigenvalue weighted by molar-refractivity contribution is -0.119. The number of carbonyl (C=O) groups excluding carboxylic acids is 2. The molecule has 4 rings (SSSR count). The number of hydrazone groups is 1. The molecule has 0 bridgehead atoms. The molecule has 26 heavy (non-hydrogen) atoms. The number of nitrogens with two attached hydrogens (primary N) is 1. The maximum Gasteiger partial charge on any atom is 0.273 e. The molecular weight excluding hydrogens is 334 g/mol. The zero-order valence-corrected chi connectivity index (χ0v) is 13.6. The van der Waals surface area contributed by atoms with E-state index in [2.05, 4.69) is 20.5 Å². The Balaban J connectivity index is 1.61. The van der Waals surface area contributed by atoms with Gasteiger partial charge in [0.05, 0.1) is 11.9 Å². The molecule has 1 aliphatic rings. The molecular formula is C17H15N7O2. The molecule has 130 valence electrons. The third-order valence-corrected chi connectivity index (χ3v) is 4.05. The van der Waals surface area contributed by atoms with E-state index in [-0.39, 0.29) is 12.1 Å². The number of anilines is 2. The summed E-state index contributed by atoms with van der Waals surface area (Å²) in [5.41, 5.74) is 7.01. The van der Waals surface area contributed by atoms with Crippen LogP contribution in [0.15, 0.2) is 60.0 Å². The van der Waals surface area contributed by atoms with E-state index in [1.165, 1.54) is 9.52 Å². The normalized spacial score (nSPS) is 16.5. The molecule has 0 aliphatic carbocycles. The first-order valence-electron chi connectivity index (χ1n) is 7.94. The largest absolute Gasteiger partial charge is 0.368 e. The lowest BCUT2D eigenvalue weighted by Gasteiger charge is -2.20. The standard InChI is InChI=1S/C17H15N7O2/c18-16(25)13-10-12(22-23(13)11-4-2-1-3-5-11)17(26)21-15-6-8-19-14-7-9-20-24(14)15/h1-9,13H,10H2,(H2,18,25)(H,21,26). The summed E-state index contributed by atoms with van der Waals surface area (Å²) in [5.74, 6) is -0.502. The van der Waals surface area contributed by atoms with Gasteiger partial charge in [-0.3, -0.25) is 14.6 Å². The first-order valence-corrected chi connectivity index (χ1v) is 7.94. The summed E-state index contributed by atoms with van der Waals surface area (Å²) in [6.45, 7) is 0. The Morgan fingerprint density at radius 3 is 2.69 bits per heavy atom. The van der Waals surface area contributed by atoms with Crippen LogP contribution in [0.5, 0.6) is 0 Å². The van der Waals surface area contributed by atoms with E-state index in [9.17, 15) is 9.59 Å². The predicted octanol–water partition coefficient (Wildman–Crippen LogP) is 0.788. The van der Waals surface area contributed by atoms with Crippen molar-refractivity contribution >= 4 is 34.7 Å². The van der Waals surface area contributed by atoms with E-state index in [4.69, 9.17) is 5.73 Å². The Morgan fingerprint density at radius 1 is 1.12 bits per heavy atom. The molecule has 1 aromatic carbocycles. The lowest BCUT2D eigenvalue weighted by Crippen LogP contribution is -2.39. The molecule has 9 nitrogen and oxygen atoms in total. The van der Waals surface area contributed by atoms with Gasteiger partial charge in [0.25, 0.3) is 5.91 Å². The molecule has 1 unspecified atom stereocenters. The number of rotatable bonds is 4. The monoisotopic (exact) mass is 349 g/mol. The van der Waals surface area contributed by atoms with Gasteiger partial charge in [0, 0.05) is 18.7 Å². The average molecular weight is 349 g/mol. The van der Waals surface area contributed by atoms with Crippen molar-refractivity contribution in [3.63, 3.8) is 0 Å². The maximum absolute atomic E-state index is 12.6. The number of fused-ring (bicyclic) bond motifs is 1. The van der Waals surface area contributed by atoms with Crippen molar-refractivity contribution in [3.8, 4) is 0 Å². The van der Waals surface area contributed by atoms with Gasteiger partial charge < -0.3 is 11.1 Å². The van der Waals surface area contributed by atoms with Gasteiger partial charge in [-0.1, -0.05) is 18.2 Å². The van der Waals surface area contributed by atoms with Crippen molar-refractivity contribution in [1.82, 2.24) is 14.6 Å². The van der Waals surface area contributed by atoms with E-state index in [0.29, 0.717) is 17.2 Å². The van der Waals surface area contributed by atoms with Gasteiger partial charge >= 0.3 is 0 Å². The quantitative estimate of drug-likeness (QED) is 0.722. The smallest absolute Gasteiger partial charge is 0.273 e. The van der Waals surface area contributed by atoms with Crippen molar-refractivity contribution in [3.05, 3.63) is 54.9 Å². The number of hydrogen-bond acceptors (Lipinski definition) is 6. The van der Waals surface area contributed by atoms with Crippen LogP contribution in [0, 0.1) is 0 Å². The Morgan fingerprint density at radius 2 is 1.92 bits per heavy atom. The number of para-hydroxylation sites is 1. The molecule has 9 heteroatoms. The van der Waals surface area contributed by atoms with Crippen molar-refractivity contribution in [1.29, 1.82) is 0 Å². The summed E-state index contributed by atoms with van der Waals surface area (Å²) in [5, 5.41) is 12.7. The number of nitrogens with one attached hydrogen (secondary N) is 1. The van der Waals surface area contributed by atoms with Gasteiger partial charge in [0.2, 0.25) is 5.91 Å². The fourth-order valence-corrected chi connectivity index (χ4v) is 2.81. The highest BCUT2D eigenvalue weighted by Crippen LogP contribution is 2.24. The van der Waals surface area contributed by atoms with E-state index < -0.39 is 17.9 Å². The summed E-state index contributed by atoms with van der Waals surface area (Å²) in [6.07, 6.45) is 3.29. The number of nitrogens with zero attached hydrogens (tertiary/aromatic N) is 5. The SMILES string of the molecule is NC(=O)C1CC(C(=O)Nc2ccnc3ccnn23)=NN1c1ccccc1.